The van der Waals surface area contributed by atoms with Gasteiger partial charge in [-0.15, -0.1) is 5.10 Å². The van der Waals surface area contributed by atoms with Gasteiger partial charge in [0.2, 0.25) is 11.7 Å². The molecule has 0 aliphatic carbocycles. The molecular weight excluding hydrogens is 258 g/mol. The van der Waals surface area contributed by atoms with Crippen LogP contribution >= 0.6 is 0 Å². The second-order valence-corrected chi connectivity index (χ2v) is 5.23. The van der Waals surface area contributed by atoms with Crippen LogP contribution in [0.25, 0.3) is 0 Å². The molecule has 2 amide bonds. The number of carbonyl (C=O) groups excluding carboxylic acids is 2. The van der Waals surface area contributed by atoms with E-state index in [0.717, 1.165) is 6.42 Å². The predicted octanol–water partition coefficient (Wildman–Crippen LogP) is 0.307. The van der Waals surface area contributed by atoms with Crippen molar-refractivity contribution in [2.45, 2.75) is 27.2 Å². The van der Waals surface area contributed by atoms with Crippen LogP contribution in [0.15, 0.2) is 0 Å². The van der Waals surface area contributed by atoms with Gasteiger partial charge in [-0.05, 0) is 0 Å². The molecule has 0 atom stereocenters. The summed E-state index contributed by atoms with van der Waals surface area (Å²) in [5, 5.41) is 6.68. The highest BCUT2D eigenvalue weighted by molar-refractivity contribution is 5.90. The van der Waals surface area contributed by atoms with Gasteiger partial charge >= 0.3 is 0 Å². The van der Waals surface area contributed by atoms with Crippen LogP contribution in [0.3, 0.4) is 0 Å². The lowest BCUT2D eigenvalue weighted by molar-refractivity contribution is -0.135. The van der Waals surface area contributed by atoms with Crippen molar-refractivity contribution in [2.24, 2.45) is 5.92 Å². The van der Waals surface area contributed by atoms with Crippen molar-refractivity contribution in [3.8, 4) is 0 Å². The fourth-order valence-corrected chi connectivity index (χ4v) is 2.19. The van der Waals surface area contributed by atoms with Crippen molar-refractivity contribution in [3.05, 3.63) is 11.6 Å². The van der Waals surface area contributed by atoms with Gasteiger partial charge < -0.3 is 9.80 Å². The Bertz CT molecular complexity index is 489. The molecule has 0 bridgehead atoms. The molecule has 1 aromatic rings. The molecule has 2 heterocycles. The smallest absolute Gasteiger partial charge is 0.293 e. The first-order valence-electron chi connectivity index (χ1n) is 7.02. The number of rotatable bonds is 3. The number of amides is 2. The number of nitrogens with one attached hydrogen (secondary N) is 1. The number of aryl methyl sites for hydroxylation is 1. The van der Waals surface area contributed by atoms with Crippen LogP contribution in [0.1, 0.15) is 37.2 Å². The maximum absolute atomic E-state index is 12.2. The van der Waals surface area contributed by atoms with Gasteiger partial charge in [-0.3, -0.25) is 14.7 Å². The number of piperazine rings is 1. The maximum atomic E-state index is 12.2. The van der Waals surface area contributed by atoms with E-state index in [1.807, 2.05) is 25.7 Å². The van der Waals surface area contributed by atoms with E-state index < -0.39 is 0 Å². The zero-order valence-corrected chi connectivity index (χ0v) is 12.2. The zero-order chi connectivity index (χ0) is 14.7. The van der Waals surface area contributed by atoms with Crippen LogP contribution in [0, 0.1) is 5.92 Å². The molecule has 7 heteroatoms. The summed E-state index contributed by atoms with van der Waals surface area (Å²) in [6.45, 7) is 7.95. The van der Waals surface area contributed by atoms with Gasteiger partial charge in [0.15, 0.2) is 0 Å². The molecule has 1 fully saturated rings. The van der Waals surface area contributed by atoms with E-state index in [2.05, 4.69) is 15.2 Å². The van der Waals surface area contributed by atoms with Crippen LogP contribution in [0.5, 0.6) is 0 Å². The number of aromatic amines is 1. The molecule has 0 radical (unpaired) electrons. The standard InChI is InChI=1S/C13H21N5O2/c1-4-10-14-11(16-15-10)13(20)18-7-5-17(6-8-18)12(19)9(2)3/h9H,4-8H2,1-3H3,(H,14,15,16). The number of H-pyrrole nitrogens is 1. The van der Waals surface area contributed by atoms with Crippen molar-refractivity contribution in [1.29, 1.82) is 0 Å². The van der Waals surface area contributed by atoms with E-state index >= 15 is 0 Å². The Hall–Kier alpha value is -1.92. The molecule has 110 valence electrons. The van der Waals surface area contributed by atoms with Gasteiger partial charge in [-0.2, -0.15) is 0 Å². The van der Waals surface area contributed by atoms with Crippen LogP contribution < -0.4 is 0 Å². The molecule has 2 rings (SSSR count). The molecule has 1 aromatic heterocycles. The highest BCUT2D eigenvalue weighted by Gasteiger charge is 2.27. The minimum atomic E-state index is -0.169. The number of aromatic nitrogens is 3. The Morgan fingerprint density at radius 2 is 1.80 bits per heavy atom. The fraction of sp³-hybridized carbons (Fsp3) is 0.692. The molecule has 0 spiro atoms. The lowest BCUT2D eigenvalue weighted by atomic mass is 10.1. The fourth-order valence-electron chi connectivity index (χ4n) is 2.19. The van der Waals surface area contributed by atoms with Gasteiger partial charge in [0.1, 0.15) is 5.82 Å². The quantitative estimate of drug-likeness (QED) is 0.863. The summed E-state index contributed by atoms with van der Waals surface area (Å²) >= 11 is 0. The first kappa shape index (κ1) is 14.5. The third kappa shape index (κ3) is 2.97. The highest BCUT2D eigenvalue weighted by Crippen LogP contribution is 2.09. The molecule has 20 heavy (non-hydrogen) atoms. The molecule has 0 unspecified atom stereocenters. The lowest BCUT2D eigenvalue weighted by Gasteiger charge is -2.35. The van der Waals surface area contributed by atoms with E-state index in [1.165, 1.54) is 0 Å². The largest absolute Gasteiger partial charge is 0.339 e. The second kappa shape index (κ2) is 6.02. The summed E-state index contributed by atoms with van der Waals surface area (Å²) in [4.78, 5) is 31.8. The SMILES string of the molecule is CCc1nc(C(=O)N2CCN(C(=O)C(C)C)CC2)n[nH]1. The summed E-state index contributed by atoms with van der Waals surface area (Å²) in [5.74, 6) is 0.894. The Balaban J connectivity index is 1.93. The van der Waals surface area contributed by atoms with Crippen LogP contribution in [-0.4, -0.2) is 63.0 Å². The van der Waals surface area contributed by atoms with Crippen molar-refractivity contribution in [3.63, 3.8) is 0 Å². The lowest BCUT2D eigenvalue weighted by Crippen LogP contribution is -2.51. The number of hydrogen-bond donors (Lipinski definition) is 1. The molecule has 1 aliphatic rings. The minimum Gasteiger partial charge on any atom is -0.339 e. The summed E-state index contributed by atoms with van der Waals surface area (Å²) in [6.07, 6.45) is 0.719. The topological polar surface area (TPSA) is 82.2 Å². The van der Waals surface area contributed by atoms with Gasteiger partial charge in [-0.1, -0.05) is 20.8 Å². The van der Waals surface area contributed by atoms with E-state index in [4.69, 9.17) is 0 Å². The number of carbonyl (C=O) groups is 2. The Morgan fingerprint density at radius 3 is 2.30 bits per heavy atom. The average Bonchev–Trinajstić information content (AvgIpc) is 2.94. The molecular formula is C13H21N5O2. The van der Waals surface area contributed by atoms with Gasteiger partial charge in [0.05, 0.1) is 0 Å². The van der Waals surface area contributed by atoms with Crippen molar-refractivity contribution < 1.29 is 9.59 Å². The summed E-state index contributed by atoms with van der Waals surface area (Å²) < 4.78 is 0. The molecule has 7 nitrogen and oxygen atoms in total. The van der Waals surface area contributed by atoms with E-state index in [1.54, 1.807) is 4.90 Å². The van der Waals surface area contributed by atoms with E-state index in [0.29, 0.717) is 32.0 Å². The summed E-state index contributed by atoms with van der Waals surface area (Å²) in [6, 6.07) is 0. The van der Waals surface area contributed by atoms with Gasteiger partial charge in [0, 0.05) is 38.5 Å². The third-order valence-electron chi connectivity index (χ3n) is 3.43. The average molecular weight is 279 g/mol. The molecule has 1 N–H and O–H groups in total. The first-order chi connectivity index (χ1) is 9.52. The summed E-state index contributed by atoms with van der Waals surface area (Å²) in [5.41, 5.74) is 0. The molecule has 1 aliphatic heterocycles. The van der Waals surface area contributed by atoms with Crippen LogP contribution in [0.2, 0.25) is 0 Å². The molecule has 0 saturated carbocycles. The molecule has 1 saturated heterocycles. The Labute approximate surface area is 118 Å². The van der Waals surface area contributed by atoms with Crippen LogP contribution in [-0.2, 0) is 11.2 Å². The van der Waals surface area contributed by atoms with Gasteiger partial charge in [-0.25, -0.2) is 4.98 Å². The Kier molecular flexibility index (Phi) is 4.36. The first-order valence-corrected chi connectivity index (χ1v) is 7.02. The van der Waals surface area contributed by atoms with Gasteiger partial charge in [0.25, 0.3) is 5.91 Å². The zero-order valence-electron chi connectivity index (χ0n) is 12.2. The Morgan fingerprint density at radius 1 is 1.20 bits per heavy atom. The van der Waals surface area contributed by atoms with E-state index in [9.17, 15) is 9.59 Å². The highest BCUT2D eigenvalue weighted by atomic mass is 16.2. The number of nitrogens with zero attached hydrogens (tertiary/aromatic N) is 4. The minimum absolute atomic E-state index is 0.00243. The van der Waals surface area contributed by atoms with Crippen molar-refractivity contribution in [2.75, 3.05) is 26.2 Å². The number of hydrogen-bond acceptors (Lipinski definition) is 4. The predicted molar refractivity (Wildman–Crippen MR) is 73.1 cm³/mol. The van der Waals surface area contributed by atoms with E-state index in [-0.39, 0.29) is 23.6 Å². The monoisotopic (exact) mass is 279 g/mol. The second-order valence-electron chi connectivity index (χ2n) is 5.23. The van der Waals surface area contributed by atoms with Crippen LogP contribution in [0.4, 0.5) is 0 Å². The normalized spacial score (nSPS) is 15.8. The maximum Gasteiger partial charge on any atom is 0.293 e. The summed E-state index contributed by atoms with van der Waals surface area (Å²) in [7, 11) is 0. The van der Waals surface area contributed by atoms with Crippen molar-refractivity contribution >= 4 is 11.8 Å². The molecule has 0 aromatic carbocycles. The van der Waals surface area contributed by atoms with Crippen molar-refractivity contribution in [1.82, 2.24) is 25.0 Å². The third-order valence-corrected chi connectivity index (χ3v) is 3.43.